The Morgan fingerprint density at radius 2 is 1.50 bits per heavy atom. The summed E-state index contributed by atoms with van der Waals surface area (Å²) in [5.41, 5.74) is 0.744. The molecule has 1 aliphatic carbocycles. The van der Waals surface area contributed by atoms with E-state index in [2.05, 4.69) is 4.74 Å². The van der Waals surface area contributed by atoms with Gasteiger partial charge in [0.15, 0.2) is 6.29 Å². The van der Waals surface area contributed by atoms with Crippen LogP contribution < -0.4 is 0 Å². The number of hydrogen-bond acceptors (Lipinski definition) is 6. The Balaban J connectivity index is 1.89. The average Bonchev–Trinajstić information content (AvgIpc) is 2.54. The highest BCUT2D eigenvalue weighted by molar-refractivity contribution is 5.93. The summed E-state index contributed by atoms with van der Waals surface area (Å²) >= 11 is 0. The number of esters is 2. The van der Waals surface area contributed by atoms with E-state index in [9.17, 15) is 9.59 Å². The van der Waals surface area contributed by atoms with Gasteiger partial charge in [-0.2, -0.15) is 0 Å². The minimum atomic E-state index is -1.30. The van der Waals surface area contributed by atoms with Crippen LogP contribution in [0.25, 0.3) is 0 Å². The van der Waals surface area contributed by atoms with Crippen molar-refractivity contribution >= 4 is 11.9 Å². The van der Waals surface area contributed by atoms with Crippen LogP contribution in [0, 0.1) is 5.92 Å². The lowest BCUT2D eigenvalue weighted by atomic mass is 9.87. The van der Waals surface area contributed by atoms with E-state index >= 15 is 0 Å². The van der Waals surface area contributed by atoms with Crippen LogP contribution in [0.3, 0.4) is 0 Å². The van der Waals surface area contributed by atoms with E-state index in [4.69, 9.17) is 14.9 Å². The second-order valence-corrected chi connectivity index (χ2v) is 5.42. The molecule has 2 N–H and O–H groups in total. The topological polar surface area (TPSA) is 93.1 Å². The highest BCUT2D eigenvalue weighted by Crippen LogP contribution is 2.28. The third kappa shape index (κ3) is 4.05. The molecule has 120 valence electrons. The lowest BCUT2D eigenvalue weighted by molar-refractivity contribution is -0.101. The molecule has 1 fully saturated rings. The fraction of sp³-hybridized carbons (Fsp3) is 0.500. The van der Waals surface area contributed by atoms with Gasteiger partial charge in [0.2, 0.25) is 0 Å². The molecule has 0 atom stereocenters. The van der Waals surface area contributed by atoms with Gasteiger partial charge < -0.3 is 19.7 Å². The standard InChI is InChI=1S/C16H20O6/c1-21-15(19)11-2-4-12(5-3-11)16(20)22-13-8-6-10(7-9-13)14(17)18/h2-5,10,13-14,17-18H,6-9H2,1H3. The number of carbonyl (C=O) groups is 2. The Morgan fingerprint density at radius 3 is 1.95 bits per heavy atom. The number of benzene rings is 1. The van der Waals surface area contributed by atoms with Crippen molar-refractivity contribution in [3.8, 4) is 0 Å². The minimum absolute atomic E-state index is 0.144. The summed E-state index contributed by atoms with van der Waals surface area (Å²) in [7, 11) is 1.30. The number of ether oxygens (including phenoxy) is 2. The Bertz CT molecular complexity index is 514. The molecule has 1 aromatic carbocycles. The highest BCUT2D eigenvalue weighted by atomic mass is 16.5. The number of aliphatic hydroxyl groups is 2. The SMILES string of the molecule is COC(=O)c1ccc(C(=O)OC2CCC(C(O)O)CC2)cc1. The van der Waals surface area contributed by atoms with Crippen LogP contribution in [0.2, 0.25) is 0 Å². The Kier molecular flexibility index (Phi) is 5.51. The van der Waals surface area contributed by atoms with Crippen LogP contribution in [-0.2, 0) is 9.47 Å². The molecule has 6 heteroatoms. The molecular weight excluding hydrogens is 288 g/mol. The van der Waals surface area contributed by atoms with E-state index in [1.165, 1.54) is 31.4 Å². The zero-order valence-corrected chi connectivity index (χ0v) is 12.4. The number of hydrogen-bond donors (Lipinski definition) is 2. The number of aliphatic hydroxyl groups excluding tert-OH is 1. The maximum Gasteiger partial charge on any atom is 0.338 e. The largest absolute Gasteiger partial charge is 0.465 e. The molecule has 0 radical (unpaired) electrons. The molecule has 22 heavy (non-hydrogen) atoms. The van der Waals surface area contributed by atoms with Gasteiger partial charge in [-0.3, -0.25) is 0 Å². The summed E-state index contributed by atoms with van der Waals surface area (Å²) in [6.07, 6.45) is 0.973. The first-order valence-corrected chi connectivity index (χ1v) is 7.26. The molecule has 1 aliphatic rings. The summed E-state index contributed by atoms with van der Waals surface area (Å²) in [5.74, 6) is -1.04. The molecule has 2 rings (SSSR count). The molecule has 0 amide bonds. The van der Waals surface area contributed by atoms with E-state index in [1.807, 2.05) is 0 Å². The van der Waals surface area contributed by atoms with E-state index in [0.29, 0.717) is 36.8 Å². The Labute approximate surface area is 128 Å². The van der Waals surface area contributed by atoms with Crippen LogP contribution in [0.4, 0.5) is 0 Å². The monoisotopic (exact) mass is 308 g/mol. The zero-order chi connectivity index (χ0) is 16.1. The minimum Gasteiger partial charge on any atom is -0.465 e. The second kappa shape index (κ2) is 7.38. The van der Waals surface area contributed by atoms with Crippen LogP contribution in [0.5, 0.6) is 0 Å². The molecular formula is C16H20O6. The van der Waals surface area contributed by atoms with Crippen molar-refractivity contribution in [3.05, 3.63) is 35.4 Å². The maximum atomic E-state index is 12.0. The van der Waals surface area contributed by atoms with Crippen molar-refractivity contribution in [2.45, 2.75) is 38.1 Å². The third-order valence-electron chi connectivity index (χ3n) is 3.96. The summed E-state index contributed by atoms with van der Waals surface area (Å²) in [6, 6.07) is 6.08. The fourth-order valence-electron chi connectivity index (χ4n) is 2.58. The first-order chi connectivity index (χ1) is 10.5. The molecule has 0 spiro atoms. The van der Waals surface area contributed by atoms with Crippen molar-refractivity contribution in [2.75, 3.05) is 7.11 Å². The van der Waals surface area contributed by atoms with Crippen LogP contribution in [0.15, 0.2) is 24.3 Å². The molecule has 0 heterocycles. The quantitative estimate of drug-likeness (QED) is 0.647. The van der Waals surface area contributed by atoms with Gasteiger partial charge in [-0.1, -0.05) is 0 Å². The van der Waals surface area contributed by atoms with Gasteiger partial charge >= 0.3 is 11.9 Å². The molecule has 1 aromatic rings. The third-order valence-corrected chi connectivity index (χ3v) is 3.96. The second-order valence-electron chi connectivity index (χ2n) is 5.42. The van der Waals surface area contributed by atoms with Gasteiger partial charge in [0.05, 0.1) is 18.2 Å². The first-order valence-electron chi connectivity index (χ1n) is 7.26. The summed E-state index contributed by atoms with van der Waals surface area (Å²) in [6.45, 7) is 0. The van der Waals surface area contributed by atoms with Crippen molar-refractivity contribution < 1.29 is 29.3 Å². The van der Waals surface area contributed by atoms with Crippen LogP contribution in [0.1, 0.15) is 46.4 Å². The van der Waals surface area contributed by atoms with Crippen LogP contribution >= 0.6 is 0 Å². The number of methoxy groups -OCH3 is 1. The molecule has 0 aromatic heterocycles. The average molecular weight is 308 g/mol. The van der Waals surface area contributed by atoms with Crippen molar-refractivity contribution in [3.63, 3.8) is 0 Å². The summed E-state index contributed by atoms with van der Waals surface area (Å²) in [4.78, 5) is 23.4. The normalized spacial score (nSPS) is 21.5. The van der Waals surface area contributed by atoms with Crippen molar-refractivity contribution in [1.29, 1.82) is 0 Å². The molecule has 1 saturated carbocycles. The molecule has 0 saturated heterocycles. The van der Waals surface area contributed by atoms with E-state index < -0.39 is 18.2 Å². The summed E-state index contributed by atoms with van der Waals surface area (Å²) in [5, 5.41) is 18.2. The predicted octanol–water partition coefficient (Wildman–Crippen LogP) is 1.50. The van der Waals surface area contributed by atoms with Gasteiger partial charge in [0, 0.05) is 5.92 Å². The highest BCUT2D eigenvalue weighted by Gasteiger charge is 2.27. The van der Waals surface area contributed by atoms with E-state index in [-0.39, 0.29) is 12.0 Å². The van der Waals surface area contributed by atoms with Gasteiger partial charge in [0.25, 0.3) is 0 Å². The van der Waals surface area contributed by atoms with Crippen molar-refractivity contribution in [1.82, 2.24) is 0 Å². The Morgan fingerprint density at radius 1 is 1.00 bits per heavy atom. The van der Waals surface area contributed by atoms with Crippen LogP contribution in [-0.4, -0.2) is 41.7 Å². The zero-order valence-electron chi connectivity index (χ0n) is 12.4. The van der Waals surface area contributed by atoms with Gasteiger partial charge in [-0.05, 0) is 49.9 Å². The molecule has 0 unspecified atom stereocenters. The number of carbonyl (C=O) groups excluding carboxylic acids is 2. The smallest absolute Gasteiger partial charge is 0.338 e. The summed E-state index contributed by atoms with van der Waals surface area (Å²) < 4.78 is 10.0. The number of rotatable bonds is 4. The van der Waals surface area contributed by atoms with Crippen molar-refractivity contribution in [2.24, 2.45) is 5.92 Å². The molecule has 0 aliphatic heterocycles. The maximum absolute atomic E-state index is 12.0. The van der Waals surface area contributed by atoms with Gasteiger partial charge in [-0.25, -0.2) is 9.59 Å². The lowest BCUT2D eigenvalue weighted by Gasteiger charge is -2.29. The predicted molar refractivity (Wildman–Crippen MR) is 77.2 cm³/mol. The van der Waals surface area contributed by atoms with E-state index in [1.54, 1.807) is 0 Å². The lowest BCUT2D eigenvalue weighted by Crippen LogP contribution is -2.30. The Hall–Kier alpha value is -1.92. The molecule has 0 bridgehead atoms. The molecule has 6 nitrogen and oxygen atoms in total. The first kappa shape index (κ1) is 16.5. The fourth-order valence-corrected chi connectivity index (χ4v) is 2.58. The van der Waals surface area contributed by atoms with Gasteiger partial charge in [0.1, 0.15) is 6.10 Å². The van der Waals surface area contributed by atoms with Gasteiger partial charge in [-0.15, -0.1) is 0 Å². The van der Waals surface area contributed by atoms with E-state index in [0.717, 1.165) is 0 Å².